The van der Waals surface area contributed by atoms with Crippen molar-refractivity contribution in [1.29, 1.82) is 0 Å². The lowest BCUT2D eigenvalue weighted by Gasteiger charge is -2.30. The van der Waals surface area contributed by atoms with E-state index in [0.29, 0.717) is 55.8 Å². The molecule has 6 heteroatoms. The van der Waals surface area contributed by atoms with E-state index < -0.39 is 0 Å². The third-order valence-corrected chi connectivity index (χ3v) is 7.54. The second kappa shape index (κ2) is 15.0. The van der Waals surface area contributed by atoms with Gasteiger partial charge in [-0.1, -0.05) is 53.7 Å². The minimum Gasteiger partial charge on any atom is -0.493 e. The molecule has 39 heavy (non-hydrogen) atoms. The molecule has 0 saturated carbocycles. The number of amides is 1. The van der Waals surface area contributed by atoms with Crippen molar-refractivity contribution in [2.45, 2.75) is 98.8 Å². The molecule has 0 aliphatic heterocycles. The maximum Gasteiger partial charge on any atom is 0.251 e. The van der Waals surface area contributed by atoms with Crippen LogP contribution in [0.4, 0.5) is 0 Å². The van der Waals surface area contributed by atoms with E-state index in [0.717, 1.165) is 31.4 Å². The quantitative estimate of drug-likeness (QED) is 0.207. The Morgan fingerprint density at radius 1 is 0.718 bits per heavy atom. The molecule has 0 unspecified atom stereocenters. The Labute approximate surface area is 236 Å². The Bertz CT molecular complexity index is 1030. The number of benzene rings is 2. The Morgan fingerprint density at radius 2 is 1.31 bits per heavy atom. The summed E-state index contributed by atoms with van der Waals surface area (Å²) < 4.78 is 23.5. The van der Waals surface area contributed by atoms with Crippen molar-refractivity contribution in [2.24, 2.45) is 0 Å². The first kappa shape index (κ1) is 32.3. The highest BCUT2D eigenvalue weighted by molar-refractivity contribution is 5.95. The van der Waals surface area contributed by atoms with E-state index in [1.54, 1.807) is 12.1 Å². The highest BCUT2D eigenvalue weighted by atomic mass is 16.5. The highest BCUT2D eigenvalue weighted by Crippen LogP contribution is 2.40. The first-order chi connectivity index (χ1) is 18.5. The zero-order valence-corrected chi connectivity index (χ0v) is 25.8. The van der Waals surface area contributed by atoms with Gasteiger partial charge in [-0.25, -0.2) is 0 Å². The summed E-state index contributed by atoms with van der Waals surface area (Å²) in [6.45, 7) is 21.9. The average Bonchev–Trinajstić information content (AvgIpc) is 2.92. The van der Waals surface area contributed by atoms with E-state index >= 15 is 0 Å². The summed E-state index contributed by atoms with van der Waals surface area (Å²) in [7, 11) is 0. The molecule has 1 N–H and O–H groups in total. The van der Waals surface area contributed by atoms with Crippen molar-refractivity contribution in [3.63, 3.8) is 0 Å². The van der Waals surface area contributed by atoms with Gasteiger partial charge in [-0.15, -0.1) is 0 Å². The number of hydrogen-bond acceptors (Lipinski definition) is 5. The van der Waals surface area contributed by atoms with Gasteiger partial charge < -0.3 is 24.3 Å². The normalized spacial score (nSPS) is 11.7. The van der Waals surface area contributed by atoms with Crippen LogP contribution in [0.5, 0.6) is 23.0 Å². The Morgan fingerprint density at radius 3 is 1.85 bits per heavy atom. The molecule has 0 atom stereocenters. The van der Waals surface area contributed by atoms with E-state index in [-0.39, 0.29) is 16.7 Å². The standard InChI is InChI=1S/C33H51NO5/c1-10-32(6,7)25-17-18-27(26(23-25)33(8,9)11-2)39-20-16-15-19-34-31(35)24-21-28(36-12-3)30(38-14-5)29(22-24)37-13-4/h17-18,21-23H,10-16,19-20H2,1-9H3,(H,34,35). The van der Waals surface area contributed by atoms with Gasteiger partial charge in [0.2, 0.25) is 5.75 Å². The Hall–Kier alpha value is -2.89. The van der Waals surface area contributed by atoms with Crippen LogP contribution in [0.25, 0.3) is 0 Å². The minimum atomic E-state index is -0.165. The molecule has 0 aliphatic rings. The maximum atomic E-state index is 12.9. The largest absolute Gasteiger partial charge is 0.493 e. The summed E-state index contributed by atoms with van der Waals surface area (Å²) in [6, 6.07) is 10.1. The summed E-state index contributed by atoms with van der Waals surface area (Å²) in [6.07, 6.45) is 3.77. The van der Waals surface area contributed by atoms with Crippen LogP contribution in [-0.2, 0) is 10.8 Å². The fourth-order valence-electron chi connectivity index (χ4n) is 4.23. The van der Waals surface area contributed by atoms with Gasteiger partial charge in [0, 0.05) is 17.7 Å². The topological polar surface area (TPSA) is 66.0 Å². The number of carbonyl (C=O) groups excluding carboxylic acids is 1. The molecule has 0 bridgehead atoms. The summed E-state index contributed by atoms with van der Waals surface area (Å²) in [5.41, 5.74) is 3.27. The third kappa shape index (κ3) is 8.81. The van der Waals surface area contributed by atoms with Gasteiger partial charge in [-0.2, -0.15) is 0 Å². The van der Waals surface area contributed by atoms with Crippen molar-refractivity contribution in [2.75, 3.05) is 33.0 Å². The fourth-order valence-corrected chi connectivity index (χ4v) is 4.23. The molecule has 0 fully saturated rings. The molecular formula is C33H51NO5. The number of ether oxygens (including phenoxy) is 4. The molecule has 2 aromatic carbocycles. The van der Waals surface area contributed by atoms with Crippen molar-refractivity contribution < 1.29 is 23.7 Å². The smallest absolute Gasteiger partial charge is 0.251 e. The van der Waals surface area contributed by atoms with E-state index in [9.17, 15) is 4.79 Å². The molecule has 0 aromatic heterocycles. The van der Waals surface area contributed by atoms with Crippen LogP contribution in [0.3, 0.4) is 0 Å². The number of unbranched alkanes of at least 4 members (excludes halogenated alkanes) is 1. The van der Waals surface area contributed by atoms with Crippen LogP contribution in [0.1, 0.15) is 109 Å². The molecule has 0 radical (unpaired) electrons. The minimum absolute atomic E-state index is 0.0293. The second-order valence-corrected chi connectivity index (χ2v) is 11.1. The van der Waals surface area contributed by atoms with E-state index in [1.165, 1.54) is 11.1 Å². The van der Waals surface area contributed by atoms with Crippen molar-refractivity contribution in [3.05, 3.63) is 47.0 Å². The van der Waals surface area contributed by atoms with Crippen molar-refractivity contribution in [3.8, 4) is 23.0 Å². The van der Waals surface area contributed by atoms with Crippen LogP contribution >= 0.6 is 0 Å². The monoisotopic (exact) mass is 541 g/mol. The molecule has 218 valence electrons. The molecule has 2 aromatic rings. The zero-order valence-electron chi connectivity index (χ0n) is 25.8. The maximum absolute atomic E-state index is 12.9. The van der Waals surface area contributed by atoms with Gasteiger partial charge in [-0.05, 0) is 81.0 Å². The van der Waals surface area contributed by atoms with Crippen LogP contribution in [0.15, 0.2) is 30.3 Å². The number of rotatable bonds is 17. The van der Waals surface area contributed by atoms with E-state index in [1.807, 2.05) is 20.8 Å². The molecule has 1 amide bonds. The molecule has 2 rings (SSSR count). The second-order valence-electron chi connectivity index (χ2n) is 11.1. The lowest BCUT2D eigenvalue weighted by molar-refractivity contribution is 0.0951. The molecule has 0 heterocycles. The lowest BCUT2D eigenvalue weighted by Crippen LogP contribution is -2.25. The van der Waals surface area contributed by atoms with E-state index in [4.69, 9.17) is 18.9 Å². The van der Waals surface area contributed by atoms with Crippen LogP contribution in [0, 0.1) is 0 Å². The van der Waals surface area contributed by atoms with Crippen LogP contribution in [-0.4, -0.2) is 38.9 Å². The predicted molar refractivity (Wildman–Crippen MR) is 160 cm³/mol. The average molecular weight is 542 g/mol. The predicted octanol–water partition coefficient (Wildman–Crippen LogP) is 7.85. The SMILES string of the molecule is CCOc1cc(C(=O)NCCCCOc2ccc(C(C)(C)CC)cc2C(C)(C)CC)cc(OCC)c1OCC. The summed E-state index contributed by atoms with van der Waals surface area (Å²) in [5, 5.41) is 3.02. The van der Waals surface area contributed by atoms with Crippen LogP contribution < -0.4 is 24.3 Å². The molecular weight excluding hydrogens is 490 g/mol. The van der Waals surface area contributed by atoms with Crippen molar-refractivity contribution in [1.82, 2.24) is 5.32 Å². The first-order valence-corrected chi connectivity index (χ1v) is 14.7. The molecule has 0 spiro atoms. The summed E-state index contributed by atoms with van der Waals surface area (Å²) in [5.74, 6) is 2.36. The number of carbonyl (C=O) groups is 1. The summed E-state index contributed by atoms with van der Waals surface area (Å²) >= 11 is 0. The van der Waals surface area contributed by atoms with Gasteiger partial charge >= 0.3 is 0 Å². The number of nitrogens with one attached hydrogen (secondary N) is 1. The zero-order chi connectivity index (χ0) is 29.1. The molecule has 0 saturated heterocycles. The molecule has 6 nitrogen and oxygen atoms in total. The third-order valence-electron chi connectivity index (χ3n) is 7.54. The van der Waals surface area contributed by atoms with Gasteiger partial charge in [0.1, 0.15) is 5.75 Å². The van der Waals surface area contributed by atoms with Gasteiger partial charge in [0.05, 0.1) is 26.4 Å². The van der Waals surface area contributed by atoms with Gasteiger partial charge in [0.15, 0.2) is 11.5 Å². The Kier molecular flexibility index (Phi) is 12.5. The lowest BCUT2D eigenvalue weighted by atomic mass is 9.76. The van der Waals surface area contributed by atoms with Gasteiger partial charge in [0.25, 0.3) is 5.91 Å². The molecule has 0 aliphatic carbocycles. The summed E-state index contributed by atoms with van der Waals surface area (Å²) in [4.78, 5) is 12.9. The fraction of sp³-hybridized carbons (Fsp3) is 0.606. The van der Waals surface area contributed by atoms with Crippen LogP contribution in [0.2, 0.25) is 0 Å². The van der Waals surface area contributed by atoms with Crippen molar-refractivity contribution >= 4 is 5.91 Å². The Balaban J connectivity index is 2.00. The number of hydrogen-bond donors (Lipinski definition) is 1. The van der Waals surface area contributed by atoms with E-state index in [2.05, 4.69) is 65.1 Å². The first-order valence-electron chi connectivity index (χ1n) is 14.7. The highest BCUT2D eigenvalue weighted by Gasteiger charge is 2.26. The van der Waals surface area contributed by atoms with Gasteiger partial charge in [-0.3, -0.25) is 4.79 Å².